The number of unbranched alkanes of at least 4 members (excludes halogenated alkanes) is 1. The number of carbonyl (C=O) groups is 1. The minimum Gasteiger partial charge on any atom is -0.451 e. The molecule has 0 saturated heterocycles. The minimum atomic E-state index is -2.35. The summed E-state index contributed by atoms with van der Waals surface area (Å²) in [5, 5.41) is 8.80. The summed E-state index contributed by atoms with van der Waals surface area (Å²) in [7, 11) is 0. The van der Waals surface area contributed by atoms with E-state index in [1.165, 1.54) is 0 Å². The third-order valence-corrected chi connectivity index (χ3v) is 2.95. The molecule has 0 aromatic heterocycles. The zero-order valence-electron chi connectivity index (χ0n) is 12.4. The second-order valence-electron chi connectivity index (χ2n) is 5.90. The van der Waals surface area contributed by atoms with Gasteiger partial charge < -0.3 is 9.84 Å². The van der Waals surface area contributed by atoms with Crippen LogP contribution in [0.15, 0.2) is 30.3 Å². The van der Waals surface area contributed by atoms with E-state index in [0.717, 1.165) is 0 Å². The highest BCUT2D eigenvalue weighted by Gasteiger charge is 2.46. The second kappa shape index (κ2) is 6.84. The summed E-state index contributed by atoms with van der Waals surface area (Å²) in [5.74, 6) is -2.60. The molecule has 0 aliphatic heterocycles. The van der Waals surface area contributed by atoms with E-state index >= 15 is 4.39 Å². The maximum atomic E-state index is 15.0. The number of ketones is 1. The van der Waals surface area contributed by atoms with Crippen LogP contribution in [0.4, 0.5) is 4.39 Å². The average molecular weight is 282 g/mol. The summed E-state index contributed by atoms with van der Waals surface area (Å²) in [5.41, 5.74) is -0.831. The number of halogens is 1. The molecule has 0 heterocycles. The third-order valence-electron chi connectivity index (χ3n) is 2.95. The molecule has 1 unspecified atom stereocenters. The number of aliphatic hydroxyl groups excluding tert-OH is 1. The Morgan fingerprint density at radius 3 is 2.30 bits per heavy atom. The Balaban J connectivity index is 2.91. The van der Waals surface area contributed by atoms with Crippen molar-refractivity contribution in [2.24, 2.45) is 5.41 Å². The summed E-state index contributed by atoms with van der Waals surface area (Å²) in [4.78, 5) is 12.3. The van der Waals surface area contributed by atoms with Crippen LogP contribution >= 0.6 is 0 Å². The summed E-state index contributed by atoms with van der Waals surface area (Å²) in [6, 6.07) is 8.49. The molecule has 0 aliphatic rings. The van der Waals surface area contributed by atoms with Crippen LogP contribution in [-0.2, 0) is 4.79 Å². The molecule has 0 amide bonds. The van der Waals surface area contributed by atoms with Crippen molar-refractivity contribution in [2.75, 3.05) is 6.61 Å². The van der Waals surface area contributed by atoms with Crippen molar-refractivity contribution < 1.29 is 19.0 Å². The predicted octanol–water partition coefficient (Wildman–Crippen LogP) is 3.51. The normalized spacial score (nSPS) is 14.7. The topological polar surface area (TPSA) is 46.5 Å². The van der Waals surface area contributed by atoms with Crippen LogP contribution in [0, 0.1) is 5.41 Å². The van der Waals surface area contributed by atoms with Crippen LogP contribution in [0.1, 0.15) is 40.0 Å². The van der Waals surface area contributed by atoms with Gasteiger partial charge in [-0.05, 0) is 25.0 Å². The minimum absolute atomic E-state index is 0.0227. The number of ether oxygens (including phenoxy) is 1. The van der Waals surface area contributed by atoms with Crippen molar-refractivity contribution in [3.8, 4) is 5.75 Å². The monoisotopic (exact) mass is 282 g/mol. The molecule has 3 nitrogen and oxygen atoms in total. The molecule has 0 bridgehead atoms. The average Bonchev–Trinajstić information content (AvgIpc) is 2.38. The Morgan fingerprint density at radius 2 is 1.80 bits per heavy atom. The SMILES string of the molecule is CC(C)(C)C(=O)C(F)(CCCCO)Oc1ccccc1. The number of Topliss-reactive ketones (excluding diaryl/α,β-unsaturated/α-hetero) is 1. The van der Waals surface area contributed by atoms with Crippen LogP contribution in [-0.4, -0.2) is 23.4 Å². The number of para-hydroxylation sites is 1. The fourth-order valence-electron chi connectivity index (χ4n) is 1.91. The van der Waals surface area contributed by atoms with Gasteiger partial charge in [0.25, 0.3) is 0 Å². The van der Waals surface area contributed by atoms with Gasteiger partial charge in [0.2, 0.25) is 5.78 Å². The van der Waals surface area contributed by atoms with Crippen molar-refractivity contribution in [2.45, 2.75) is 45.9 Å². The first kappa shape index (κ1) is 16.6. The highest BCUT2D eigenvalue weighted by atomic mass is 19.2. The van der Waals surface area contributed by atoms with E-state index in [2.05, 4.69) is 0 Å². The molecule has 0 radical (unpaired) electrons. The first-order valence-electron chi connectivity index (χ1n) is 6.88. The van der Waals surface area contributed by atoms with E-state index in [-0.39, 0.29) is 13.0 Å². The van der Waals surface area contributed by atoms with Crippen molar-refractivity contribution in [1.29, 1.82) is 0 Å². The van der Waals surface area contributed by atoms with E-state index in [4.69, 9.17) is 9.84 Å². The van der Waals surface area contributed by atoms with Crippen LogP contribution in [0.2, 0.25) is 0 Å². The lowest BCUT2D eigenvalue weighted by Crippen LogP contribution is -2.46. The molecule has 0 aliphatic carbocycles. The molecule has 1 rings (SSSR count). The molecule has 1 aromatic rings. The highest BCUT2D eigenvalue weighted by Crippen LogP contribution is 2.32. The smallest absolute Gasteiger partial charge is 0.307 e. The largest absolute Gasteiger partial charge is 0.451 e. The number of aliphatic hydroxyl groups is 1. The molecule has 4 heteroatoms. The fraction of sp³-hybridized carbons (Fsp3) is 0.562. The molecule has 1 aromatic carbocycles. The zero-order chi connectivity index (χ0) is 15.2. The van der Waals surface area contributed by atoms with E-state index in [1.54, 1.807) is 51.1 Å². The van der Waals surface area contributed by atoms with E-state index in [0.29, 0.717) is 18.6 Å². The van der Waals surface area contributed by atoms with Gasteiger partial charge in [-0.15, -0.1) is 0 Å². The Hall–Kier alpha value is -1.42. The number of hydrogen-bond donors (Lipinski definition) is 1. The number of alkyl halides is 1. The molecule has 112 valence electrons. The number of benzene rings is 1. The lowest BCUT2D eigenvalue weighted by atomic mass is 9.84. The van der Waals surface area contributed by atoms with Crippen LogP contribution < -0.4 is 4.74 Å². The molecule has 20 heavy (non-hydrogen) atoms. The summed E-state index contributed by atoms with van der Waals surface area (Å²) < 4.78 is 20.4. The summed E-state index contributed by atoms with van der Waals surface area (Å²) in [6.45, 7) is 4.99. The quantitative estimate of drug-likeness (QED) is 0.778. The number of carbonyl (C=O) groups excluding carboxylic acids is 1. The Kier molecular flexibility index (Phi) is 5.69. The van der Waals surface area contributed by atoms with Crippen molar-refractivity contribution >= 4 is 5.78 Å². The second-order valence-corrected chi connectivity index (χ2v) is 5.90. The summed E-state index contributed by atoms with van der Waals surface area (Å²) >= 11 is 0. The Bertz CT molecular complexity index is 425. The van der Waals surface area contributed by atoms with Crippen LogP contribution in [0.25, 0.3) is 0 Å². The Labute approximate surface area is 119 Å². The van der Waals surface area contributed by atoms with E-state index in [9.17, 15) is 4.79 Å². The van der Waals surface area contributed by atoms with Gasteiger partial charge in [-0.3, -0.25) is 4.79 Å². The molecule has 1 atom stereocenters. The van der Waals surface area contributed by atoms with E-state index in [1.807, 2.05) is 0 Å². The molecule has 0 saturated carbocycles. The highest BCUT2D eigenvalue weighted by molar-refractivity contribution is 5.90. The maximum Gasteiger partial charge on any atom is 0.307 e. The summed E-state index contributed by atoms with van der Waals surface area (Å²) in [6.07, 6.45) is 0.779. The van der Waals surface area contributed by atoms with Gasteiger partial charge in [-0.2, -0.15) is 4.39 Å². The standard InChI is InChI=1S/C16H23FO3/c1-15(2,3)14(19)16(17,11-7-8-12-18)20-13-9-5-4-6-10-13/h4-6,9-10,18H,7-8,11-12H2,1-3H3. The maximum absolute atomic E-state index is 15.0. The van der Waals surface area contributed by atoms with Gasteiger partial charge >= 0.3 is 5.85 Å². The predicted molar refractivity (Wildman–Crippen MR) is 76.3 cm³/mol. The number of rotatable bonds is 7. The first-order valence-corrected chi connectivity index (χ1v) is 6.88. The van der Waals surface area contributed by atoms with Gasteiger partial charge in [0, 0.05) is 18.4 Å². The number of hydrogen-bond acceptors (Lipinski definition) is 3. The Morgan fingerprint density at radius 1 is 1.20 bits per heavy atom. The van der Waals surface area contributed by atoms with Crippen molar-refractivity contribution in [3.63, 3.8) is 0 Å². The molecule has 0 spiro atoms. The van der Waals surface area contributed by atoms with Gasteiger partial charge in [-0.25, -0.2) is 0 Å². The van der Waals surface area contributed by atoms with Gasteiger partial charge in [0.05, 0.1) is 0 Å². The fourth-order valence-corrected chi connectivity index (χ4v) is 1.91. The van der Waals surface area contributed by atoms with Crippen molar-refractivity contribution in [3.05, 3.63) is 30.3 Å². The lowest BCUT2D eigenvalue weighted by Gasteiger charge is -2.31. The van der Waals surface area contributed by atoms with Gasteiger partial charge in [-0.1, -0.05) is 39.0 Å². The zero-order valence-corrected chi connectivity index (χ0v) is 12.4. The van der Waals surface area contributed by atoms with Crippen LogP contribution in [0.3, 0.4) is 0 Å². The molecule has 1 N–H and O–H groups in total. The lowest BCUT2D eigenvalue weighted by molar-refractivity contribution is -0.162. The van der Waals surface area contributed by atoms with Crippen molar-refractivity contribution in [1.82, 2.24) is 0 Å². The van der Waals surface area contributed by atoms with Gasteiger partial charge in [0.1, 0.15) is 5.75 Å². The molecular weight excluding hydrogens is 259 g/mol. The first-order chi connectivity index (χ1) is 9.29. The van der Waals surface area contributed by atoms with E-state index < -0.39 is 17.1 Å². The van der Waals surface area contributed by atoms with Crippen LogP contribution in [0.5, 0.6) is 5.75 Å². The third kappa shape index (κ3) is 4.60. The molecule has 0 fully saturated rings. The van der Waals surface area contributed by atoms with Gasteiger partial charge in [0.15, 0.2) is 0 Å². The molecular formula is C16H23FO3.